The summed E-state index contributed by atoms with van der Waals surface area (Å²) in [6.07, 6.45) is 6.36. The fraction of sp³-hybridized carbons (Fsp3) is 0.357. The topological polar surface area (TPSA) is 38.1 Å². The second-order valence-electron chi connectivity index (χ2n) is 4.15. The van der Waals surface area contributed by atoms with Gasteiger partial charge in [-0.1, -0.05) is 6.92 Å². The van der Waals surface area contributed by atoms with E-state index in [1.54, 1.807) is 6.26 Å². The standard InChI is InChI=1S/C14H18N2O/c1-3-13(14-5-4-10-17-14)16-11(2)12-6-8-15-9-7-12/h4-11,13,16H,3H2,1-2H3. The van der Waals surface area contributed by atoms with Crippen molar-refractivity contribution in [1.29, 1.82) is 0 Å². The van der Waals surface area contributed by atoms with Gasteiger partial charge >= 0.3 is 0 Å². The second kappa shape index (κ2) is 5.64. The zero-order chi connectivity index (χ0) is 12.1. The van der Waals surface area contributed by atoms with Crippen LogP contribution in [0.4, 0.5) is 0 Å². The van der Waals surface area contributed by atoms with Crippen LogP contribution in [0.2, 0.25) is 0 Å². The molecule has 3 nitrogen and oxygen atoms in total. The molecule has 0 radical (unpaired) electrons. The van der Waals surface area contributed by atoms with Gasteiger partial charge in [0.05, 0.1) is 12.3 Å². The quantitative estimate of drug-likeness (QED) is 0.854. The monoisotopic (exact) mass is 230 g/mol. The van der Waals surface area contributed by atoms with Gasteiger partial charge in [-0.15, -0.1) is 0 Å². The third-order valence-corrected chi connectivity index (χ3v) is 2.95. The number of nitrogens with zero attached hydrogens (tertiary/aromatic N) is 1. The van der Waals surface area contributed by atoms with Crippen molar-refractivity contribution in [2.45, 2.75) is 32.4 Å². The highest BCUT2D eigenvalue weighted by atomic mass is 16.3. The molecule has 0 saturated carbocycles. The molecule has 0 aliphatic heterocycles. The molecular formula is C14H18N2O. The van der Waals surface area contributed by atoms with Gasteiger partial charge in [0.25, 0.3) is 0 Å². The minimum Gasteiger partial charge on any atom is -0.468 e. The number of aromatic nitrogens is 1. The molecular weight excluding hydrogens is 212 g/mol. The Kier molecular flexibility index (Phi) is 3.94. The summed E-state index contributed by atoms with van der Waals surface area (Å²) in [4.78, 5) is 4.03. The van der Waals surface area contributed by atoms with Gasteiger partial charge in [0.1, 0.15) is 5.76 Å². The van der Waals surface area contributed by atoms with E-state index in [4.69, 9.17) is 4.42 Å². The fourth-order valence-corrected chi connectivity index (χ4v) is 1.94. The van der Waals surface area contributed by atoms with Crippen LogP contribution in [-0.4, -0.2) is 4.98 Å². The molecule has 3 heteroatoms. The zero-order valence-corrected chi connectivity index (χ0v) is 10.3. The Balaban J connectivity index is 2.05. The van der Waals surface area contributed by atoms with E-state index < -0.39 is 0 Å². The number of hydrogen-bond acceptors (Lipinski definition) is 3. The summed E-state index contributed by atoms with van der Waals surface area (Å²) in [5.74, 6) is 0.994. The molecule has 2 atom stereocenters. The highest BCUT2D eigenvalue weighted by Crippen LogP contribution is 2.21. The van der Waals surface area contributed by atoms with Crippen molar-refractivity contribution in [1.82, 2.24) is 10.3 Å². The molecule has 0 aliphatic carbocycles. The first-order chi connectivity index (χ1) is 8.31. The first-order valence-corrected chi connectivity index (χ1v) is 6.00. The first-order valence-electron chi connectivity index (χ1n) is 6.00. The molecule has 0 amide bonds. The summed E-state index contributed by atoms with van der Waals surface area (Å²) in [6, 6.07) is 8.55. The minimum atomic E-state index is 0.258. The average Bonchev–Trinajstić information content (AvgIpc) is 2.90. The van der Waals surface area contributed by atoms with Crippen molar-refractivity contribution in [2.24, 2.45) is 0 Å². The lowest BCUT2D eigenvalue weighted by atomic mass is 10.1. The van der Waals surface area contributed by atoms with Gasteiger partial charge in [0, 0.05) is 18.4 Å². The van der Waals surface area contributed by atoms with Crippen LogP contribution in [0.15, 0.2) is 47.3 Å². The number of rotatable bonds is 5. The Morgan fingerprint density at radius 1 is 1.29 bits per heavy atom. The van der Waals surface area contributed by atoms with E-state index in [0.29, 0.717) is 0 Å². The van der Waals surface area contributed by atoms with Crippen LogP contribution in [0, 0.1) is 0 Å². The van der Waals surface area contributed by atoms with Gasteiger partial charge in [0.2, 0.25) is 0 Å². The number of furan rings is 1. The smallest absolute Gasteiger partial charge is 0.120 e. The van der Waals surface area contributed by atoms with E-state index in [9.17, 15) is 0 Å². The molecule has 2 aromatic rings. The van der Waals surface area contributed by atoms with Gasteiger partial charge in [-0.05, 0) is 43.2 Å². The van der Waals surface area contributed by atoms with E-state index in [1.807, 2.05) is 36.7 Å². The van der Waals surface area contributed by atoms with Gasteiger partial charge in [-0.3, -0.25) is 4.98 Å². The third-order valence-electron chi connectivity index (χ3n) is 2.95. The molecule has 0 saturated heterocycles. The highest BCUT2D eigenvalue weighted by Gasteiger charge is 2.15. The molecule has 0 aliphatic rings. The summed E-state index contributed by atoms with van der Waals surface area (Å²) in [7, 11) is 0. The van der Waals surface area contributed by atoms with Crippen molar-refractivity contribution in [3.05, 3.63) is 54.2 Å². The second-order valence-corrected chi connectivity index (χ2v) is 4.15. The summed E-state index contributed by atoms with van der Waals surface area (Å²) < 4.78 is 5.45. The minimum absolute atomic E-state index is 0.258. The maximum Gasteiger partial charge on any atom is 0.120 e. The van der Waals surface area contributed by atoms with Crippen LogP contribution >= 0.6 is 0 Å². The number of nitrogens with one attached hydrogen (secondary N) is 1. The van der Waals surface area contributed by atoms with Gasteiger partial charge in [0.15, 0.2) is 0 Å². The predicted molar refractivity (Wildman–Crippen MR) is 67.5 cm³/mol. The molecule has 0 fully saturated rings. The molecule has 2 heterocycles. The summed E-state index contributed by atoms with van der Waals surface area (Å²) in [6.45, 7) is 4.31. The maximum atomic E-state index is 5.45. The third kappa shape index (κ3) is 2.94. The Hall–Kier alpha value is -1.61. The predicted octanol–water partition coefficient (Wildman–Crippen LogP) is 3.48. The molecule has 1 N–H and O–H groups in total. The van der Waals surface area contributed by atoms with Crippen LogP contribution in [0.5, 0.6) is 0 Å². The van der Waals surface area contributed by atoms with Crippen molar-refractivity contribution in [3.63, 3.8) is 0 Å². The lowest BCUT2D eigenvalue weighted by Crippen LogP contribution is -2.23. The molecule has 0 aromatic carbocycles. The van der Waals surface area contributed by atoms with Crippen molar-refractivity contribution in [2.75, 3.05) is 0 Å². The molecule has 0 bridgehead atoms. The van der Waals surface area contributed by atoms with Crippen LogP contribution in [-0.2, 0) is 0 Å². The normalized spacial score (nSPS) is 14.5. The van der Waals surface area contributed by atoms with Crippen molar-refractivity contribution in [3.8, 4) is 0 Å². The molecule has 17 heavy (non-hydrogen) atoms. The largest absolute Gasteiger partial charge is 0.468 e. The number of pyridine rings is 1. The Morgan fingerprint density at radius 3 is 2.65 bits per heavy atom. The maximum absolute atomic E-state index is 5.45. The highest BCUT2D eigenvalue weighted by molar-refractivity contribution is 5.15. The van der Waals surface area contributed by atoms with Gasteiger partial charge in [-0.25, -0.2) is 0 Å². The van der Waals surface area contributed by atoms with E-state index in [1.165, 1.54) is 5.56 Å². The summed E-state index contributed by atoms with van der Waals surface area (Å²) in [5, 5.41) is 3.56. The van der Waals surface area contributed by atoms with E-state index in [2.05, 4.69) is 24.1 Å². The van der Waals surface area contributed by atoms with E-state index >= 15 is 0 Å². The van der Waals surface area contributed by atoms with E-state index in [-0.39, 0.29) is 12.1 Å². The van der Waals surface area contributed by atoms with Crippen LogP contribution in [0.1, 0.15) is 43.7 Å². The fourth-order valence-electron chi connectivity index (χ4n) is 1.94. The lowest BCUT2D eigenvalue weighted by molar-refractivity contribution is 0.376. The lowest BCUT2D eigenvalue weighted by Gasteiger charge is -2.20. The molecule has 2 unspecified atom stereocenters. The molecule has 0 spiro atoms. The van der Waals surface area contributed by atoms with E-state index in [0.717, 1.165) is 12.2 Å². The Bertz CT molecular complexity index is 425. The number of hydrogen-bond donors (Lipinski definition) is 1. The summed E-state index contributed by atoms with van der Waals surface area (Å²) >= 11 is 0. The Labute approximate surface area is 102 Å². The van der Waals surface area contributed by atoms with Crippen LogP contribution in [0.25, 0.3) is 0 Å². The summed E-state index contributed by atoms with van der Waals surface area (Å²) in [5.41, 5.74) is 1.24. The first kappa shape index (κ1) is 11.9. The zero-order valence-electron chi connectivity index (χ0n) is 10.3. The van der Waals surface area contributed by atoms with Gasteiger partial charge < -0.3 is 9.73 Å². The van der Waals surface area contributed by atoms with Gasteiger partial charge in [-0.2, -0.15) is 0 Å². The van der Waals surface area contributed by atoms with Crippen molar-refractivity contribution >= 4 is 0 Å². The average molecular weight is 230 g/mol. The molecule has 2 aromatic heterocycles. The Morgan fingerprint density at radius 2 is 2.06 bits per heavy atom. The molecule has 2 rings (SSSR count). The molecule has 90 valence electrons. The van der Waals surface area contributed by atoms with Crippen LogP contribution in [0.3, 0.4) is 0 Å². The van der Waals surface area contributed by atoms with Crippen LogP contribution < -0.4 is 5.32 Å². The SMILES string of the molecule is CCC(NC(C)c1ccncc1)c1ccco1. The van der Waals surface area contributed by atoms with Crippen molar-refractivity contribution < 1.29 is 4.42 Å².